The lowest BCUT2D eigenvalue weighted by molar-refractivity contribution is -0.143. The molecule has 3 radical (unpaired) electrons. The van der Waals surface area contributed by atoms with Crippen LogP contribution in [-0.2, 0) is 14.3 Å². The number of aliphatic imine (C=N–C) groups is 1. The Balaban J connectivity index is 0. The number of hydrogen-bond donors (Lipinski definition) is 0. The Hall–Kier alpha value is -1.15. The summed E-state index contributed by atoms with van der Waals surface area (Å²) in [6.45, 7) is 11.2. The first kappa shape index (κ1) is 17.3. The zero-order valence-electron chi connectivity index (χ0n) is 9.74. The van der Waals surface area contributed by atoms with Gasteiger partial charge in [-0.05, 0) is 6.42 Å². The van der Waals surface area contributed by atoms with E-state index >= 15 is 0 Å². The molecule has 0 amide bonds. The van der Waals surface area contributed by atoms with Gasteiger partial charge in [0.25, 0.3) is 0 Å². The first-order valence-electron chi connectivity index (χ1n) is 5.29. The summed E-state index contributed by atoms with van der Waals surface area (Å²) in [7, 11) is 0. The third kappa shape index (κ3) is 18.6. The molecule has 0 fully saturated rings. The van der Waals surface area contributed by atoms with E-state index in [0.717, 1.165) is 25.7 Å². The highest BCUT2D eigenvalue weighted by Crippen LogP contribution is 1.91. The van der Waals surface area contributed by atoms with E-state index in [1.54, 1.807) is 0 Å². The van der Waals surface area contributed by atoms with Crippen molar-refractivity contribution in [1.29, 1.82) is 0 Å². The van der Waals surface area contributed by atoms with Gasteiger partial charge in [-0.2, -0.15) is 0 Å². The van der Waals surface area contributed by atoms with Crippen LogP contribution in [0.3, 0.4) is 0 Å². The van der Waals surface area contributed by atoms with Gasteiger partial charge in [-0.1, -0.05) is 40.0 Å². The molecular weight excluding hydrogens is 206 g/mol. The van der Waals surface area contributed by atoms with Crippen LogP contribution in [0.15, 0.2) is 4.99 Å². The monoisotopic (exact) mass is 226 g/mol. The predicted molar refractivity (Wildman–Crippen MR) is 63.1 cm³/mol. The zero-order valence-corrected chi connectivity index (χ0v) is 9.74. The Morgan fingerprint density at radius 1 is 1.19 bits per heavy atom. The van der Waals surface area contributed by atoms with Crippen molar-refractivity contribution in [2.75, 3.05) is 13.2 Å². The van der Waals surface area contributed by atoms with Crippen molar-refractivity contribution in [2.45, 2.75) is 32.1 Å². The summed E-state index contributed by atoms with van der Waals surface area (Å²) in [5.74, 6) is -0.331. The average molecular weight is 226 g/mol. The molecule has 0 aromatic heterocycles. The minimum Gasteiger partial charge on any atom is -0.466 e. The van der Waals surface area contributed by atoms with Gasteiger partial charge in [0.15, 0.2) is 0 Å². The lowest BCUT2D eigenvalue weighted by Gasteiger charge is -2.00. The number of ether oxygens (including phenoxy) is 1. The SMILES string of the molecule is [CH2]CCCOC(=O)CCN=C=O.[CH2]CC[CH2]. The van der Waals surface area contributed by atoms with Crippen LogP contribution < -0.4 is 0 Å². The number of carbonyl (C=O) groups is 1. The van der Waals surface area contributed by atoms with Gasteiger partial charge in [-0.3, -0.25) is 4.79 Å². The van der Waals surface area contributed by atoms with Crippen LogP contribution in [0.4, 0.5) is 0 Å². The van der Waals surface area contributed by atoms with Gasteiger partial charge in [-0.25, -0.2) is 9.79 Å². The summed E-state index contributed by atoms with van der Waals surface area (Å²) in [6.07, 6.45) is 4.93. The maximum absolute atomic E-state index is 10.8. The molecule has 0 aliphatic heterocycles. The van der Waals surface area contributed by atoms with Gasteiger partial charge in [-0.15, -0.1) is 0 Å². The number of esters is 1. The number of unbranched alkanes of at least 4 members (excludes halogenated alkanes) is 2. The van der Waals surface area contributed by atoms with Gasteiger partial charge < -0.3 is 4.74 Å². The molecule has 0 saturated carbocycles. The molecule has 0 atom stereocenters. The van der Waals surface area contributed by atoms with Gasteiger partial charge in [0.05, 0.1) is 19.6 Å². The van der Waals surface area contributed by atoms with Crippen molar-refractivity contribution >= 4 is 12.0 Å². The van der Waals surface area contributed by atoms with Crippen molar-refractivity contribution in [3.8, 4) is 0 Å². The van der Waals surface area contributed by atoms with E-state index < -0.39 is 0 Å². The Labute approximate surface area is 98.1 Å². The summed E-state index contributed by atoms with van der Waals surface area (Å²) in [6, 6.07) is 0. The van der Waals surface area contributed by atoms with Crippen molar-refractivity contribution in [1.82, 2.24) is 0 Å². The normalized spacial score (nSPS) is 8.44. The fourth-order valence-electron chi connectivity index (χ4n) is 0.553. The van der Waals surface area contributed by atoms with Gasteiger partial charge in [0.1, 0.15) is 0 Å². The molecule has 16 heavy (non-hydrogen) atoms. The van der Waals surface area contributed by atoms with Crippen LogP contribution in [0.5, 0.6) is 0 Å². The number of rotatable bonds is 7. The molecule has 0 saturated heterocycles. The smallest absolute Gasteiger partial charge is 0.307 e. The Kier molecular flexibility index (Phi) is 17.6. The maximum atomic E-state index is 10.8. The van der Waals surface area contributed by atoms with Crippen molar-refractivity contribution in [3.05, 3.63) is 20.8 Å². The van der Waals surface area contributed by atoms with Crippen LogP contribution in [0.1, 0.15) is 32.1 Å². The van der Waals surface area contributed by atoms with E-state index in [1.165, 1.54) is 6.08 Å². The average Bonchev–Trinajstić information content (AvgIpc) is 2.30. The maximum Gasteiger partial charge on any atom is 0.307 e. The molecule has 0 aliphatic rings. The van der Waals surface area contributed by atoms with Gasteiger partial charge >= 0.3 is 5.97 Å². The number of hydrogen-bond acceptors (Lipinski definition) is 4. The number of isocyanates is 1. The van der Waals surface area contributed by atoms with Crippen LogP contribution in [0, 0.1) is 20.8 Å². The summed E-state index contributed by atoms with van der Waals surface area (Å²) >= 11 is 0. The molecule has 0 aliphatic carbocycles. The van der Waals surface area contributed by atoms with E-state index in [9.17, 15) is 9.59 Å². The van der Waals surface area contributed by atoms with Crippen LogP contribution >= 0.6 is 0 Å². The fraction of sp³-hybridized carbons (Fsp3) is 0.583. The van der Waals surface area contributed by atoms with E-state index in [0.29, 0.717) is 6.61 Å². The van der Waals surface area contributed by atoms with E-state index in [1.807, 2.05) is 0 Å². The van der Waals surface area contributed by atoms with Crippen molar-refractivity contribution in [2.24, 2.45) is 4.99 Å². The van der Waals surface area contributed by atoms with Crippen molar-refractivity contribution < 1.29 is 14.3 Å². The highest BCUT2D eigenvalue weighted by Gasteiger charge is 1.99. The molecular formula is C12H20NO3. The van der Waals surface area contributed by atoms with Crippen LogP contribution in [0.25, 0.3) is 0 Å². The number of nitrogens with zero attached hydrogens (tertiary/aromatic N) is 1. The molecule has 0 heterocycles. The second-order valence-corrected chi connectivity index (χ2v) is 2.86. The van der Waals surface area contributed by atoms with Gasteiger partial charge in [0.2, 0.25) is 6.08 Å². The standard InChI is InChI=1S/C8H12NO3.C4H8/c1-2-3-6-12-8(11)4-5-9-7-10;1-3-4-2/h1-6H2;1-4H2. The fourth-order valence-corrected chi connectivity index (χ4v) is 0.553. The highest BCUT2D eigenvalue weighted by atomic mass is 16.5. The summed E-state index contributed by atoms with van der Waals surface area (Å²) < 4.78 is 4.76. The molecule has 0 aromatic carbocycles. The van der Waals surface area contributed by atoms with E-state index in [4.69, 9.17) is 4.74 Å². The second kappa shape index (κ2) is 16.3. The van der Waals surface area contributed by atoms with E-state index in [-0.39, 0.29) is 18.9 Å². The Bertz CT molecular complexity index is 196. The third-order valence-corrected chi connectivity index (χ3v) is 1.40. The molecule has 4 nitrogen and oxygen atoms in total. The molecule has 0 unspecified atom stereocenters. The number of carbonyl (C=O) groups excluding carboxylic acids is 2. The predicted octanol–water partition coefficient (Wildman–Crippen LogP) is 2.30. The molecule has 0 bridgehead atoms. The highest BCUT2D eigenvalue weighted by molar-refractivity contribution is 5.69. The molecule has 0 aromatic rings. The summed E-state index contributed by atoms with van der Waals surface area (Å²) in [4.78, 5) is 23.6. The zero-order chi connectivity index (χ0) is 12.6. The molecule has 0 spiro atoms. The van der Waals surface area contributed by atoms with Crippen LogP contribution in [0.2, 0.25) is 0 Å². The van der Waals surface area contributed by atoms with Crippen molar-refractivity contribution in [3.63, 3.8) is 0 Å². The topological polar surface area (TPSA) is 55.7 Å². The molecule has 91 valence electrons. The summed E-state index contributed by atoms with van der Waals surface area (Å²) in [5, 5.41) is 0. The molecule has 0 N–H and O–H groups in total. The first-order valence-corrected chi connectivity index (χ1v) is 5.29. The quantitative estimate of drug-likeness (QED) is 0.290. The molecule has 0 rings (SSSR count). The molecule has 4 heteroatoms. The van der Waals surface area contributed by atoms with E-state index in [2.05, 4.69) is 25.8 Å². The summed E-state index contributed by atoms with van der Waals surface area (Å²) in [5.41, 5.74) is 0. The third-order valence-electron chi connectivity index (χ3n) is 1.40. The minimum atomic E-state index is -0.331. The first-order chi connectivity index (χ1) is 7.72. The minimum absolute atomic E-state index is 0.145. The van der Waals surface area contributed by atoms with Gasteiger partial charge in [0, 0.05) is 0 Å². The second-order valence-electron chi connectivity index (χ2n) is 2.86. The largest absolute Gasteiger partial charge is 0.466 e. The lowest BCUT2D eigenvalue weighted by atomic mass is 10.3. The van der Waals surface area contributed by atoms with Crippen LogP contribution in [-0.4, -0.2) is 25.2 Å². The lowest BCUT2D eigenvalue weighted by Crippen LogP contribution is -2.06. The Morgan fingerprint density at radius 3 is 2.25 bits per heavy atom. The Morgan fingerprint density at radius 2 is 1.81 bits per heavy atom.